The van der Waals surface area contributed by atoms with Gasteiger partial charge in [0.1, 0.15) is 0 Å². The maximum atomic E-state index is 6.16. The Morgan fingerprint density at radius 3 is 3.00 bits per heavy atom. The van der Waals surface area contributed by atoms with E-state index in [1.54, 1.807) is 17.5 Å². The fraction of sp³-hybridized carbons (Fsp3) is 0.364. The standard InChI is InChI=1S/C11H15N3S/c1-2-10(12)11(9-3-6-15-7-9)14-5-4-13-8-14/h3-8,10-11H,2,12H2,1H3. The van der Waals surface area contributed by atoms with Crippen molar-refractivity contribution < 1.29 is 0 Å². The Morgan fingerprint density at radius 1 is 1.60 bits per heavy atom. The molecule has 2 atom stereocenters. The van der Waals surface area contributed by atoms with E-state index in [-0.39, 0.29) is 12.1 Å². The van der Waals surface area contributed by atoms with Crippen LogP contribution < -0.4 is 5.73 Å². The average molecular weight is 221 g/mol. The molecule has 15 heavy (non-hydrogen) atoms. The highest BCUT2D eigenvalue weighted by molar-refractivity contribution is 7.07. The molecule has 2 rings (SSSR count). The van der Waals surface area contributed by atoms with E-state index in [0.717, 1.165) is 6.42 Å². The molecular formula is C11H15N3S. The summed E-state index contributed by atoms with van der Waals surface area (Å²) >= 11 is 1.70. The quantitative estimate of drug-likeness (QED) is 0.860. The maximum absolute atomic E-state index is 6.16. The third kappa shape index (κ3) is 2.11. The lowest BCUT2D eigenvalue weighted by Crippen LogP contribution is -2.31. The molecule has 4 heteroatoms. The van der Waals surface area contributed by atoms with Crippen LogP contribution in [0.15, 0.2) is 35.5 Å². The number of thiophene rings is 1. The summed E-state index contributed by atoms with van der Waals surface area (Å²) < 4.78 is 2.08. The van der Waals surface area contributed by atoms with Gasteiger partial charge in [0.15, 0.2) is 0 Å². The van der Waals surface area contributed by atoms with E-state index in [1.807, 2.05) is 12.5 Å². The summed E-state index contributed by atoms with van der Waals surface area (Å²) in [4.78, 5) is 4.08. The van der Waals surface area contributed by atoms with Crippen molar-refractivity contribution in [3.63, 3.8) is 0 Å². The molecule has 0 aromatic carbocycles. The second kappa shape index (κ2) is 4.59. The molecule has 0 spiro atoms. The number of nitrogens with two attached hydrogens (primary N) is 1. The van der Waals surface area contributed by atoms with E-state index in [9.17, 15) is 0 Å². The van der Waals surface area contributed by atoms with Crippen LogP contribution in [0.2, 0.25) is 0 Å². The van der Waals surface area contributed by atoms with Crippen LogP contribution in [0.1, 0.15) is 24.9 Å². The summed E-state index contributed by atoms with van der Waals surface area (Å²) in [7, 11) is 0. The number of hydrogen-bond acceptors (Lipinski definition) is 3. The first kappa shape index (κ1) is 10.4. The first-order valence-electron chi connectivity index (χ1n) is 5.08. The van der Waals surface area contributed by atoms with E-state index in [2.05, 4.69) is 33.3 Å². The van der Waals surface area contributed by atoms with Gasteiger partial charge in [0.2, 0.25) is 0 Å². The zero-order valence-corrected chi connectivity index (χ0v) is 9.52. The normalized spacial score (nSPS) is 15.1. The molecule has 0 aliphatic carbocycles. The summed E-state index contributed by atoms with van der Waals surface area (Å²) in [6.45, 7) is 2.11. The van der Waals surface area contributed by atoms with Crippen molar-refractivity contribution in [2.75, 3.05) is 0 Å². The van der Waals surface area contributed by atoms with E-state index in [4.69, 9.17) is 5.73 Å². The van der Waals surface area contributed by atoms with Crippen molar-refractivity contribution in [2.24, 2.45) is 5.73 Å². The van der Waals surface area contributed by atoms with Crippen molar-refractivity contribution in [1.29, 1.82) is 0 Å². The van der Waals surface area contributed by atoms with E-state index in [0.29, 0.717) is 0 Å². The third-order valence-electron chi connectivity index (χ3n) is 2.61. The highest BCUT2D eigenvalue weighted by atomic mass is 32.1. The molecule has 0 aliphatic heterocycles. The summed E-state index contributed by atoms with van der Waals surface area (Å²) in [6, 6.07) is 2.47. The Balaban J connectivity index is 2.33. The highest BCUT2D eigenvalue weighted by Gasteiger charge is 2.19. The zero-order valence-electron chi connectivity index (χ0n) is 8.71. The smallest absolute Gasteiger partial charge is 0.0952 e. The van der Waals surface area contributed by atoms with Crippen LogP contribution in [-0.4, -0.2) is 15.6 Å². The second-order valence-corrected chi connectivity index (χ2v) is 4.36. The number of imidazole rings is 1. The Kier molecular flexibility index (Phi) is 3.18. The number of rotatable bonds is 4. The van der Waals surface area contributed by atoms with Gasteiger partial charge in [-0.15, -0.1) is 0 Å². The van der Waals surface area contributed by atoms with Gasteiger partial charge in [-0.25, -0.2) is 4.98 Å². The Hall–Kier alpha value is -1.13. The largest absolute Gasteiger partial charge is 0.328 e. The first-order valence-corrected chi connectivity index (χ1v) is 6.02. The second-order valence-electron chi connectivity index (χ2n) is 3.58. The van der Waals surface area contributed by atoms with Crippen LogP contribution in [0.3, 0.4) is 0 Å². The minimum Gasteiger partial charge on any atom is -0.328 e. The molecule has 0 fully saturated rings. The van der Waals surface area contributed by atoms with Crippen LogP contribution in [0, 0.1) is 0 Å². The fourth-order valence-corrected chi connectivity index (χ4v) is 2.43. The van der Waals surface area contributed by atoms with Gasteiger partial charge in [0.25, 0.3) is 0 Å². The predicted octanol–water partition coefficient (Wildman–Crippen LogP) is 2.27. The van der Waals surface area contributed by atoms with Crippen LogP contribution >= 0.6 is 11.3 Å². The minimum absolute atomic E-state index is 0.133. The topological polar surface area (TPSA) is 43.8 Å². The first-order chi connectivity index (χ1) is 7.33. The molecule has 80 valence electrons. The Labute approximate surface area is 93.6 Å². The van der Waals surface area contributed by atoms with Gasteiger partial charge in [0, 0.05) is 18.4 Å². The van der Waals surface area contributed by atoms with Gasteiger partial charge in [-0.3, -0.25) is 0 Å². The lowest BCUT2D eigenvalue weighted by Gasteiger charge is -2.23. The van der Waals surface area contributed by atoms with Crippen molar-refractivity contribution in [1.82, 2.24) is 9.55 Å². The Bertz CT molecular complexity index is 346. The minimum atomic E-state index is 0.133. The van der Waals surface area contributed by atoms with Gasteiger partial charge < -0.3 is 10.3 Å². The lowest BCUT2D eigenvalue weighted by molar-refractivity contribution is 0.459. The van der Waals surface area contributed by atoms with Crippen LogP contribution in [-0.2, 0) is 0 Å². The molecule has 2 N–H and O–H groups in total. The average Bonchev–Trinajstić information content (AvgIpc) is 2.90. The zero-order chi connectivity index (χ0) is 10.7. The van der Waals surface area contributed by atoms with Crippen molar-refractivity contribution in [2.45, 2.75) is 25.4 Å². The summed E-state index contributed by atoms with van der Waals surface area (Å²) in [5.41, 5.74) is 7.43. The SMILES string of the molecule is CCC(N)C(c1ccsc1)n1ccnc1. The lowest BCUT2D eigenvalue weighted by atomic mass is 10.0. The van der Waals surface area contributed by atoms with Gasteiger partial charge in [-0.1, -0.05) is 6.92 Å². The number of hydrogen-bond donors (Lipinski definition) is 1. The van der Waals surface area contributed by atoms with E-state index in [1.165, 1.54) is 5.56 Å². The van der Waals surface area contributed by atoms with Gasteiger partial charge >= 0.3 is 0 Å². The predicted molar refractivity (Wildman–Crippen MR) is 63.0 cm³/mol. The molecule has 2 aromatic heterocycles. The molecule has 2 aromatic rings. The van der Waals surface area contributed by atoms with Crippen molar-refractivity contribution in [3.8, 4) is 0 Å². The van der Waals surface area contributed by atoms with E-state index >= 15 is 0 Å². The molecule has 3 nitrogen and oxygen atoms in total. The van der Waals surface area contributed by atoms with Crippen molar-refractivity contribution >= 4 is 11.3 Å². The van der Waals surface area contributed by atoms with Crippen molar-refractivity contribution in [3.05, 3.63) is 41.1 Å². The molecule has 0 amide bonds. The van der Waals surface area contributed by atoms with Crippen LogP contribution in [0.4, 0.5) is 0 Å². The molecule has 0 bridgehead atoms. The summed E-state index contributed by atoms with van der Waals surface area (Å²) in [5, 5.41) is 4.24. The highest BCUT2D eigenvalue weighted by Crippen LogP contribution is 2.24. The van der Waals surface area contributed by atoms with Crippen LogP contribution in [0.25, 0.3) is 0 Å². The third-order valence-corrected chi connectivity index (χ3v) is 3.31. The maximum Gasteiger partial charge on any atom is 0.0952 e. The van der Waals surface area contributed by atoms with Gasteiger partial charge in [-0.05, 0) is 28.8 Å². The van der Waals surface area contributed by atoms with Gasteiger partial charge in [0.05, 0.1) is 12.4 Å². The number of aromatic nitrogens is 2. The van der Waals surface area contributed by atoms with Crippen LogP contribution in [0.5, 0.6) is 0 Å². The molecule has 0 aliphatic rings. The monoisotopic (exact) mass is 221 g/mol. The van der Waals surface area contributed by atoms with Gasteiger partial charge in [-0.2, -0.15) is 11.3 Å². The fourth-order valence-electron chi connectivity index (χ4n) is 1.74. The molecule has 0 saturated heterocycles. The Morgan fingerprint density at radius 2 is 2.47 bits per heavy atom. The molecular weight excluding hydrogens is 206 g/mol. The summed E-state index contributed by atoms with van der Waals surface area (Å²) in [6.07, 6.45) is 6.55. The summed E-state index contributed by atoms with van der Waals surface area (Å²) in [5.74, 6) is 0. The van der Waals surface area contributed by atoms with E-state index < -0.39 is 0 Å². The molecule has 2 heterocycles. The molecule has 2 unspecified atom stereocenters. The number of nitrogens with zero attached hydrogens (tertiary/aromatic N) is 2. The molecule has 0 radical (unpaired) electrons. The molecule has 0 saturated carbocycles.